The van der Waals surface area contributed by atoms with Crippen LogP contribution in [0.15, 0.2) is 41.1 Å². The van der Waals surface area contributed by atoms with Crippen molar-refractivity contribution in [3.05, 3.63) is 57.8 Å². The van der Waals surface area contributed by atoms with Crippen LogP contribution in [0.3, 0.4) is 0 Å². The highest BCUT2D eigenvalue weighted by molar-refractivity contribution is 7.08. The van der Waals surface area contributed by atoms with Crippen molar-refractivity contribution in [2.24, 2.45) is 5.73 Å². The molecule has 0 spiro atoms. The van der Waals surface area contributed by atoms with Crippen LogP contribution in [-0.4, -0.2) is 0 Å². The minimum atomic E-state index is -4.33. The lowest BCUT2D eigenvalue weighted by Gasteiger charge is -2.13. The number of nitrogens with two attached hydrogens (primary N) is 1. The molecule has 2 N–H and O–H groups in total. The monoisotopic (exact) mass is 257 g/mol. The van der Waals surface area contributed by atoms with Crippen LogP contribution in [0.1, 0.15) is 22.7 Å². The fraction of sp³-hybridized carbons (Fsp3) is 0.167. The van der Waals surface area contributed by atoms with Crippen molar-refractivity contribution in [1.29, 1.82) is 0 Å². The molecule has 0 amide bonds. The Balaban J connectivity index is 2.34. The van der Waals surface area contributed by atoms with Crippen LogP contribution >= 0.6 is 11.3 Å². The highest BCUT2D eigenvalue weighted by atomic mass is 32.1. The van der Waals surface area contributed by atoms with Gasteiger partial charge in [-0.05, 0) is 40.1 Å². The van der Waals surface area contributed by atoms with Gasteiger partial charge in [0.1, 0.15) is 0 Å². The molecule has 2 aromatic rings. The smallest absolute Gasteiger partial charge is 0.320 e. The van der Waals surface area contributed by atoms with Gasteiger partial charge in [0, 0.05) is 0 Å². The second kappa shape index (κ2) is 4.50. The molecule has 0 saturated carbocycles. The Morgan fingerprint density at radius 1 is 1.12 bits per heavy atom. The first-order valence-corrected chi connectivity index (χ1v) is 5.87. The van der Waals surface area contributed by atoms with E-state index in [1.54, 1.807) is 6.07 Å². The average Bonchev–Trinajstić information content (AvgIpc) is 2.80. The summed E-state index contributed by atoms with van der Waals surface area (Å²) in [7, 11) is 0. The van der Waals surface area contributed by atoms with Crippen LogP contribution in [0.5, 0.6) is 0 Å². The number of thiophene rings is 1. The molecule has 0 saturated heterocycles. The summed E-state index contributed by atoms with van der Waals surface area (Å²) in [4.78, 5) is 0. The first-order valence-electron chi connectivity index (χ1n) is 4.93. The lowest BCUT2D eigenvalue weighted by atomic mass is 10.00. The third-order valence-electron chi connectivity index (χ3n) is 2.48. The van der Waals surface area contributed by atoms with Gasteiger partial charge in [-0.1, -0.05) is 12.1 Å². The molecule has 0 aliphatic rings. The molecular weight excluding hydrogens is 247 g/mol. The summed E-state index contributed by atoms with van der Waals surface area (Å²) in [5.41, 5.74) is 6.54. The van der Waals surface area contributed by atoms with Gasteiger partial charge < -0.3 is 5.73 Å². The van der Waals surface area contributed by atoms with Crippen molar-refractivity contribution in [3.8, 4) is 0 Å². The summed E-state index contributed by atoms with van der Waals surface area (Å²) in [6, 6.07) is 6.44. The van der Waals surface area contributed by atoms with E-state index in [9.17, 15) is 13.2 Å². The first-order chi connectivity index (χ1) is 7.98. The van der Waals surface area contributed by atoms with Gasteiger partial charge in [-0.15, -0.1) is 0 Å². The fourth-order valence-electron chi connectivity index (χ4n) is 1.55. The number of hydrogen-bond donors (Lipinski definition) is 1. The molecule has 17 heavy (non-hydrogen) atoms. The number of alkyl halides is 3. The highest BCUT2D eigenvalue weighted by Crippen LogP contribution is 2.31. The van der Waals surface area contributed by atoms with Gasteiger partial charge in [-0.25, -0.2) is 0 Å². The largest absolute Gasteiger partial charge is 0.416 e. The number of hydrogen-bond acceptors (Lipinski definition) is 2. The SMILES string of the molecule is N[C@@H](c1ccsc1)c1cccc(C(F)(F)F)c1. The van der Waals surface area contributed by atoms with Gasteiger partial charge in [0.2, 0.25) is 0 Å². The lowest BCUT2D eigenvalue weighted by molar-refractivity contribution is -0.137. The molecule has 90 valence electrons. The standard InChI is InChI=1S/C12H10F3NS/c13-12(14,15)10-3-1-2-8(6-10)11(16)9-4-5-17-7-9/h1-7,11H,16H2/t11-/m1/s1. The van der Waals surface area contributed by atoms with Crippen LogP contribution in [0.2, 0.25) is 0 Å². The normalized spacial score (nSPS) is 13.6. The zero-order chi connectivity index (χ0) is 12.5. The summed E-state index contributed by atoms with van der Waals surface area (Å²) in [6.07, 6.45) is -4.33. The molecule has 5 heteroatoms. The molecule has 0 bridgehead atoms. The molecule has 0 radical (unpaired) electrons. The molecule has 1 heterocycles. The molecule has 1 atom stereocenters. The first kappa shape index (κ1) is 12.1. The predicted octanol–water partition coefficient (Wildman–Crippen LogP) is 3.82. The van der Waals surface area contributed by atoms with E-state index in [2.05, 4.69) is 0 Å². The van der Waals surface area contributed by atoms with E-state index in [-0.39, 0.29) is 0 Å². The average molecular weight is 257 g/mol. The van der Waals surface area contributed by atoms with E-state index < -0.39 is 17.8 Å². The van der Waals surface area contributed by atoms with Crippen LogP contribution in [0.25, 0.3) is 0 Å². The molecule has 0 aliphatic carbocycles. The zero-order valence-corrected chi connectivity index (χ0v) is 9.55. The minimum Gasteiger partial charge on any atom is -0.320 e. The molecule has 2 rings (SSSR count). The van der Waals surface area contributed by atoms with Crippen LogP contribution < -0.4 is 5.73 Å². The van der Waals surface area contributed by atoms with E-state index in [1.807, 2.05) is 16.8 Å². The summed E-state index contributed by atoms with van der Waals surface area (Å²) in [5.74, 6) is 0. The summed E-state index contributed by atoms with van der Waals surface area (Å²) in [5, 5.41) is 3.69. The molecule has 1 aromatic heterocycles. The van der Waals surface area contributed by atoms with E-state index in [0.29, 0.717) is 5.56 Å². The molecule has 0 fully saturated rings. The summed E-state index contributed by atoms with van der Waals surface area (Å²) >= 11 is 1.47. The van der Waals surface area contributed by atoms with Gasteiger partial charge in [0.05, 0.1) is 11.6 Å². The van der Waals surface area contributed by atoms with Crippen molar-refractivity contribution in [2.45, 2.75) is 12.2 Å². The quantitative estimate of drug-likeness (QED) is 0.869. The maximum absolute atomic E-state index is 12.5. The molecule has 0 unspecified atom stereocenters. The predicted molar refractivity (Wildman–Crippen MR) is 61.8 cm³/mol. The second-order valence-electron chi connectivity index (χ2n) is 3.66. The van der Waals surface area contributed by atoms with Crippen molar-refractivity contribution in [1.82, 2.24) is 0 Å². The summed E-state index contributed by atoms with van der Waals surface area (Å²) < 4.78 is 37.6. The lowest BCUT2D eigenvalue weighted by Crippen LogP contribution is -2.13. The Morgan fingerprint density at radius 2 is 1.88 bits per heavy atom. The Hall–Kier alpha value is -1.33. The van der Waals surface area contributed by atoms with Crippen molar-refractivity contribution in [3.63, 3.8) is 0 Å². The van der Waals surface area contributed by atoms with Crippen LogP contribution in [0.4, 0.5) is 13.2 Å². The van der Waals surface area contributed by atoms with Gasteiger partial charge in [0.25, 0.3) is 0 Å². The Bertz CT molecular complexity index is 491. The van der Waals surface area contributed by atoms with Crippen LogP contribution in [0, 0.1) is 0 Å². The maximum Gasteiger partial charge on any atom is 0.416 e. The summed E-state index contributed by atoms with van der Waals surface area (Å²) in [6.45, 7) is 0. The Kier molecular flexibility index (Phi) is 3.22. The molecule has 0 aliphatic heterocycles. The number of benzene rings is 1. The fourth-order valence-corrected chi connectivity index (χ4v) is 2.25. The van der Waals surface area contributed by atoms with Gasteiger partial charge in [-0.2, -0.15) is 24.5 Å². The second-order valence-corrected chi connectivity index (χ2v) is 4.44. The molecule has 1 aromatic carbocycles. The van der Waals surface area contributed by atoms with Crippen molar-refractivity contribution in [2.75, 3.05) is 0 Å². The minimum absolute atomic E-state index is 0.471. The maximum atomic E-state index is 12.5. The van der Waals surface area contributed by atoms with Gasteiger partial charge >= 0.3 is 6.18 Å². The van der Waals surface area contributed by atoms with E-state index in [1.165, 1.54) is 17.4 Å². The molecule has 1 nitrogen and oxygen atoms in total. The van der Waals surface area contributed by atoms with Gasteiger partial charge in [0.15, 0.2) is 0 Å². The van der Waals surface area contributed by atoms with E-state index in [4.69, 9.17) is 5.73 Å². The van der Waals surface area contributed by atoms with Crippen LogP contribution in [-0.2, 0) is 6.18 Å². The van der Waals surface area contributed by atoms with Crippen molar-refractivity contribution >= 4 is 11.3 Å². The Labute approximate surface area is 101 Å². The van der Waals surface area contributed by atoms with E-state index >= 15 is 0 Å². The third-order valence-corrected chi connectivity index (χ3v) is 3.18. The van der Waals surface area contributed by atoms with Gasteiger partial charge in [-0.3, -0.25) is 0 Å². The third kappa shape index (κ3) is 2.68. The Morgan fingerprint density at radius 3 is 2.47 bits per heavy atom. The number of halogens is 3. The zero-order valence-electron chi connectivity index (χ0n) is 8.74. The highest BCUT2D eigenvalue weighted by Gasteiger charge is 2.30. The molecular formula is C12H10F3NS. The number of rotatable bonds is 2. The topological polar surface area (TPSA) is 26.0 Å². The van der Waals surface area contributed by atoms with E-state index in [0.717, 1.165) is 17.7 Å². The van der Waals surface area contributed by atoms with Crippen molar-refractivity contribution < 1.29 is 13.2 Å².